The van der Waals surface area contributed by atoms with E-state index in [4.69, 9.17) is 12.2 Å². The third kappa shape index (κ3) is 6.96. The molecule has 0 aromatic heterocycles. The second kappa shape index (κ2) is 10.4. The van der Waals surface area contributed by atoms with E-state index in [0.29, 0.717) is 23.7 Å². The Labute approximate surface area is 182 Å². The summed E-state index contributed by atoms with van der Waals surface area (Å²) in [5.74, 6) is 0.0540. The minimum Gasteiger partial charge on any atom is -0.358 e. The van der Waals surface area contributed by atoms with E-state index in [1.54, 1.807) is 4.90 Å². The zero-order valence-corrected chi connectivity index (χ0v) is 19.7. The molecule has 0 unspecified atom stereocenters. The predicted octanol–water partition coefficient (Wildman–Crippen LogP) is 3.40. The van der Waals surface area contributed by atoms with Crippen molar-refractivity contribution in [1.82, 2.24) is 20.4 Å². The highest BCUT2D eigenvalue weighted by atomic mass is 32.1. The second-order valence-corrected chi connectivity index (χ2v) is 9.93. The Morgan fingerprint density at radius 1 is 1.14 bits per heavy atom. The number of nitrogens with zero attached hydrogens (tertiary/aromatic N) is 2. The van der Waals surface area contributed by atoms with Crippen LogP contribution in [0.4, 0.5) is 0 Å². The van der Waals surface area contributed by atoms with Crippen molar-refractivity contribution in [1.29, 1.82) is 0 Å². The maximum atomic E-state index is 13.3. The van der Waals surface area contributed by atoms with Gasteiger partial charge in [-0.05, 0) is 50.1 Å². The Morgan fingerprint density at radius 2 is 1.76 bits per heavy atom. The topological polar surface area (TPSA) is 47.6 Å². The fraction of sp³-hybridized carbons (Fsp3) is 0.652. The monoisotopic (exact) mass is 418 g/mol. The van der Waals surface area contributed by atoms with Gasteiger partial charge in [0.25, 0.3) is 0 Å². The van der Waals surface area contributed by atoms with Gasteiger partial charge in [-0.15, -0.1) is 0 Å². The highest BCUT2D eigenvalue weighted by molar-refractivity contribution is 7.80. The lowest BCUT2D eigenvalue weighted by atomic mass is 9.85. The third-order valence-corrected chi connectivity index (χ3v) is 5.97. The van der Waals surface area contributed by atoms with Gasteiger partial charge in [0, 0.05) is 25.7 Å². The summed E-state index contributed by atoms with van der Waals surface area (Å²) in [6, 6.07) is 10.5. The predicted molar refractivity (Wildman–Crippen MR) is 125 cm³/mol. The second-order valence-electron chi connectivity index (χ2n) is 9.52. The van der Waals surface area contributed by atoms with Gasteiger partial charge in [0.1, 0.15) is 6.04 Å². The van der Waals surface area contributed by atoms with Crippen LogP contribution in [0.15, 0.2) is 30.3 Å². The van der Waals surface area contributed by atoms with Gasteiger partial charge < -0.3 is 20.4 Å². The van der Waals surface area contributed by atoms with E-state index >= 15 is 0 Å². The van der Waals surface area contributed by atoms with Crippen LogP contribution in [0.3, 0.4) is 0 Å². The van der Waals surface area contributed by atoms with Gasteiger partial charge in [0.05, 0.1) is 0 Å². The van der Waals surface area contributed by atoms with Crippen LogP contribution in [-0.2, 0) is 11.3 Å². The normalized spacial score (nSPS) is 20.8. The Morgan fingerprint density at radius 3 is 2.34 bits per heavy atom. The molecule has 0 spiro atoms. The molecule has 0 aliphatic heterocycles. The number of rotatable bonds is 6. The Bertz CT molecular complexity index is 671. The van der Waals surface area contributed by atoms with E-state index in [2.05, 4.69) is 50.4 Å². The van der Waals surface area contributed by atoms with Crippen molar-refractivity contribution in [2.75, 3.05) is 21.1 Å². The van der Waals surface area contributed by atoms with Crippen LogP contribution in [0, 0.1) is 5.41 Å². The maximum Gasteiger partial charge on any atom is 0.245 e. The van der Waals surface area contributed by atoms with Crippen molar-refractivity contribution in [3.8, 4) is 0 Å². The van der Waals surface area contributed by atoms with Crippen molar-refractivity contribution >= 4 is 23.2 Å². The molecule has 5 nitrogen and oxygen atoms in total. The van der Waals surface area contributed by atoms with Crippen LogP contribution in [0.25, 0.3) is 0 Å². The largest absolute Gasteiger partial charge is 0.358 e. The average Bonchev–Trinajstić information content (AvgIpc) is 2.65. The van der Waals surface area contributed by atoms with Crippen LogP contribution in [-0.4, -0.2) is 60.1 Å². The zero-order valence-electron chi connectivity index (χ0n) is 18.9. The molecule has 162 valence electrons. The Hall–Kier alpha value is -1.66. The highest BCUT2D eigenvalue weighted by Crippen LogP contribution is 2.23. The van der Waals surface area contributed by atoms with Gasteiger partial charge in [0.2, 0.25) is 5.91 Å². The summed E-state index contributed by atoms with van der Waals surface area (Å²) in [4.78, 5) is 17.3. The number of hydrogen-bond acceptors (Lipinski definition) is 3. The average molecular weight is 419 g/mol. The summed E-state index contributed by atoms with van der Waals surface area (Å²) >= 11 is 5.64. The lowest BCUT2D eigenvalue weighted by molar-refractivity contribution is -0.134. The van der Waals surface area contributed by atoms with Crippen molar-refractivity contribution in [3.05, 3.63) is 35.9 Å². The first-order valence-corrected chi connectivity index (χ1v) is 11.0. The summed E-state index contributed by atoms with van der Waals surface area (Å²) in [5.41, 5.74) is 0.856. The quantitative estimate of drug-likeness (QED) is 0.694. The standard InChI is InChI=1S/C23H38N4OS/c1-23(2,3)20(21(28)27(6)16-17-12-8-7-9-13-17)25-22(29)24-18-14-10-11-15-19(18)26(4)5/h7-9,12-13,18-20H,10-11,14-16H2,1-6H3,(H2,24,25,29)/t18-,19-,20+/m1/s1. The molecule has 0 saturated heterocycles. The van der Waals surface area contributed by atoms with Gasteiger partial charge in [-0.3, -0.25) is 4.79 Å². The number of nitrogens with one attached hydrogen (secondary N) is 2. The first-order valence-electron chi connectivity index (χ1n) is 10.6. The van der Waals surface area contributed by atoms with Crippen molar-refractivity contribution in [2.45, 2.75) is 71.1 Å². The van der Waals surface area contributed by atoms with Crippen LogP contribution in [0.1, 0.15) is 52.0 Å². The highest BCUT2D eigenvalue weighted by Gasteiger charge is 2.35. The Kier molecular flexibility index (Phi) is 8.46. The van der Waals surface area contributed by atoms with E-state index in [0.717, 1.165) is 12.0 Å². The molecule has 0 bridgehead atoms. The minimum absolute atomic E-state index is 0.0540. The number of amides is 1. The molecule has 2 rings (SSSR count). The summed E-state index contributed by atoms with van der Waals surface area (Å²) in [7, 11) is 6.11. The van der Waals surface area contributed by atoms with Gasteiger partial charge in [-0.1, -0.05) is 63.9 Å². The van der Waals surface area contributed by atoms with Crippen molar-refractivity contribution < 1.29 is 4.79 Å². The first kappa shape index (κ1) is 23.6. The van der Waals surface area contributed by atoms with Gasteiger partial charge in [0.15, 0.2) is 5.11 Å². The summed E-state index contributed by atoms with van der Waals surface area (Å²) in [6.45, 7) is 6.81. The third-order valence-electron chi connectivity index (χ3n) is 5.74. The molecule has 1 amide bonds. The van der Waals surface area contributed by atoms with Gasteiger partial charge >= 0.3 is 0 Å². The number of thiocarbonyl (C=S) groups is 1. The van der Waals surface area contributed by atoms with Crippen LogP contribution in [0.5, 0.6) is 0 Å². The molecule has 2 N–H and O–H groups in total. The smallest absolute Gasteiger partial charge is 0.245 e. The SMILES string of the molecule is CN(Cc1ccccc1)C(=O)[C@H](NC(=S)N[C@@H]1CCCC[C@H]1N(C)C)C(C)(C)C. The summed E-state index contributed by atoms with van der Waals surface area (Å²) in [6.07, 6.45) is 4.75. The lowest BCUT2D eigenvalue weighted by Crippen LogP contribution is -2.59. The molecule has 29 heavy (non-hydrogen) atoms. The molecule has 0 heterocycles. The van der Waals surface area contributed by atoms with Gasteiger partial charge in [-0.2, -0.15) is 0 Å². The van der Waals surface area contributed by atoms with Crippen LogP contribution >= 0.6 is 12.2 Å². The molecule has 1 aromatic rings. The molecule has 3 atom stereocenters. The lowest BCUT2D eigenvalue weighted by Gasteiger charge is -2.39. The van der Waals surface area contributed by atoms with E-state index in [1.807, 2.05) is 37.4 Å². The van der Waals surface area contributed by atoms with Gasteiger partial charge in [-0.25, -0.2) is 0 Å². The minimum atomic E-state index is -0.391. The van der Waals surface area contributed by atoms with Crippen molar-refractivity contribution in [3.63, 3.8) is 0 Å². The summed E-state index contributed by atoms with van der Waals surface area (Å²) in [5, 5.41) is 7.42. The molecule has 1 aliphatic carbocycles. The fourth-order valence-corrected chi connectivity index (χ4v) is 4.31. The van der Waals surface area contributed by atoms with E-state index in [1.165, 1.54) is 19.3 Å². The number of hydrogen-bond donors (Lipinski definition) is 2. The number of likely N-dealkylation sites (N-methyl/N-ethyl adjacent to an activating group) is 2. The number of carbonyl (C=O) groups excluding carboxylic acids is 1. The molecule has 0 radical (unpaired) electrons. The van der Waals surface area contributed by atoms with Crippen LogP contribution in [0.2, 0.25) is 0 Å². The maximum absolute atomic E-state index is 13.3. The first-order chi connectivity index (χ1) is 13.6. The molecule has 1 aromatic carbocycles. The molecular weight excluding hydrogens is 380 g/mol. The van der Waals surface area contributed by atoms with Crippen LogP contribution < -0.4 is 10.6 Å². The number of carbonyl (C=O) groups is 1. The molecule has 1 fully saturated rings. The number of benzene rings is 1. The van der Waals surface area contributed by atoms with Crippen molar-refractivity contribution in [2.24, 2.45) is 5.41 Å². The molecule has 1 aliphatic rings. The molecular formula is C23H38N4OS. The molecule has 1 saturated carbocycles. The van der Waals surface area contributed by atoms with E-state index in [-0.39, 0.29) is 11.3 Å². The van der Waals surface area contributed by atoms with E-state index in [9.17, 15) is 4.79 Å². The Balaban J connectivity index is 2.03. The fourth-order valence-electron chi connectivity index (χ4n) is 4.04. The summed E-state index contributed by atoms with van der Waals surface area (Å²) < 4.78 is 0. The zero-order chi connectivity index (χ0) is 21.6. The molecule has 6 heteroatoms. The van der Waals surface area contributed by atoms with E-state index < -0.39 is 6.04 Å².